The van der Waals surface area contributed by atoms with E-state index >= 15 is 0 Å². The molecule has 0 heterocycles. The van der Waals surface area contributed by atoms with Crippen molar-refractivity contribution in [1.82, 2.24) is 5.32 Å². The first-order chi connectivity index (χ1) is 4.99. The number of carbonyl (C=O) groups excluding carboxylic acids is 2. The van der Waals surface area contributed by atoms with E-state index in [1.54, 1.807) is 0 Å². The summed E-state index contributed by atoms with van der Waals surface area (Å²) in [6.07, 6.45) is 0.794. The molecule has 11 heavy (non-hydrogen) atoms. The van der Waals surface area contributed by atoms with Crippen molar-refractivity contribution in [3.05, 3.63) is 0 Å². The molecule has 1 aliphatic rings. The molecule has 1 saturated carbocycles. The summed E-state index contributed by atoms with van der Waals surface area (Å²) < 4.78 is 0. The Morgan fingerprint density at radius 1 is 1.45 bits per heavy atom. The van der Waals surface area contributed by atoms with Gasteiger partial charge in [-0.15, -0.1) is 0 Å². The molecule has 0 spiro atoms. The summed E-state index contributed by atoms with van der Waals surface area (Å²) in [5.41, 5.74) is -0.508. The molecule has 1 fully saturated rings. The van der Waals surface area contributed by atoms with Crippen LogP contribution in [0.3, 0.4) is 0 Å². The first-order valence-electron chi connectivity index (χ1n) is 3.79. The van der Waals surface area contributed by atoms with Gasteiger partial charge in [0.1, 0.15) is 5.54 Å². The number of nitrogens with one attached hydrogen (secondary N) is 1. The third-order valence-corrected chi connectivity index (χ3v) is 2.34. The van der Waals surface area contributed by atoms with Gasteiger partial charge in [0, 0.05) is 6.92 Å². The van der Waals surface area contributed by atoms with Crippen LogP contribution in [0, 0.1) is 5.92 Å². The van der Waals surface area contributed by atoms with Crippen LogP contribution in [0.1, 0.15) is 27.2 Å². The molecule has 1 amide bonds. The molecule has 0 aromatic carbocycles. The first-order valence-corrected chi connectivity index (χ1v) is 3.79. The lowest BCUT2D eigenvalue weighted by atomic mass is 10.1. The maximum Gasteiger partial charge on any atom is 0.217 e. The zero-order valence-electron chi connectivity index (χ0n) is 7.10. The Hall–Kier alpha value is -0.860. The van der Waals surface area contributed by atoms with Gasteiger partial charge in [-0.2, -0.15) is 0 Å². The number of carbonyl (C=O) groups is 2. The normalized spacial score (nSPS) is 34.6. The van der Waals surface area contributed by atoms with E-state index < -0.39 is 5.54 Å². The van der Waals surface area contributed by atoms with Crippen LogP contribution in [0.25, 0.3) is 0 Å². The molecular weight excluding hydrogens is 142 g/mol. The summed E-state index contributed by atoms with van der Waals surface area (Å²) >= 11 is 0. The van der Waals surface area contributed by atoms with Crippen LogP contribution in [0.5, 0.6) is 0 Å². The molecular formula is C8H13NO2. The van der Waals surface area contributed by atoms with E-state index in [0.29, 0.717) is 5.92 Å². The topological polar surface area (TPSA) is 46.2 Å². The van der Waals surface area contributed by atoms with Crippen LogP contribution in [0.2, 0.25) is 0 Å². The number of Topliss-reactive ketones (excluding diaryl/α,β-unsaturated/α-hetero) is 1. The highest BCUT2D eigenvalue weighted by Gasteiger charge is 2.55. The van der Waals surface area contributed by atoms with Gasteiger partial charge in [-0.3, -0.25) is 9.59 Å². The van der Waals surface area contributed by atoms with Crippen LogP contribution in [0.4, 0.5) is 0 Å². The van der Waals surface area contributed by atoms with E-state index in [9.17, 15) is 9.59 Å². The van der Waals surface area contributed by atoms with Crippen LogP contribution >= 0.6 is 0 Å². The van der Waals surface area contributed by atoms with Crippen molar-refractivity contribution in [2.75, 3.05) is 0 Å². The maximum atomic E-state index is 11.1. The molecule has 0 aromatic heterocycles. The molecule has 62 valence electrons. The van der Waals surface area contributed by atoms with Crippen molar-refractivity contribution < 1.29 is 9.59 Å². The highest BCUT2D eigenvalue weighted by atomic mass is 16.2. The second kappa shape index (κ2) is 2.32. The number of hydrogen-bond donors (Lipinski definition) is 1. The number of amides is 1. The van der Waals surface area contributed by atoms with Crippen LogP contribution in [-0.4, -0.2) is 17.2 Å². The molecule has 1 N–H and O–H groups in total. The average molecular weight is 155 g/mol. The fourth-order valence-electron chi connectivity index (χ4n) is 1.49. The van der Waals surface area contributed by atoms with Crippen LogP contribution in [0.15, 0.2) is 0 Å². The van der Waals surface area contributed by atoms with Crippen molar-refractivity contribution in [2.24, 2.45) is 5.92 Å². The predicted molar refractivity (Wildman–Crippen MR) is 41.0 cm³/mol. The van der Waals surface area contributed by atoms with Crippen molar-refractivity contribution >= 4 is 11.7 Å². The minimum absolute atomic E-state index is 0.0696. The van der Waals surface area contributed by atoms with Crippen molar-refractivity contribution in [2.45, 2.75) is 32.7 Å². The second-order valence-electron chi connectivity index (χ2n) is 3.31. The number of rotatable bonds is 2. The molecule has 3 heteroatoms. The van der Waals surface area contributed by atoms with Gasteiger partial charge >= 0.3 is 0 Å². The highest BCUT2D eigenvalue weighted by molar-refractivity contribution is 5.94. The lowest BCUT2D eigenvalue weighted by Crippen LogP contribution is -2.42. The van der Waals surface area contributed by atoms with Gasteiger partial charge in [-0.05, 0) is 19.3 Å². The fourth-order valence-corrected chi connectivity index (χ4v) is 1.49. The summed E-state index contributed by atoms with van der Waals surface area (Å²) in [6, 6.07) is 0. The quantitative estimate of drug-likeness (QED) is 0.630. The SMILES string of the molecule is CC(=O)NC1(C(C)=O)CC1C. The fraction of sp³-hybridized carbons (Fsp3) is 0.750. The zero-order chi connectivity index (χ0) is 8.65. The van der Waals surface area contributed by atoms with E-state index in [4.69, 9.17) is 0 Å². The summed E-state index contributed by atoms with van der Waals surface area (Å²) in [7, 11) is 0. The molecule has 1 rings (SSSR count). The Bertz CT molecular complexity index is 212. The summed E-state index contributed by atoms with van der Waals surface area (Å²) in [5, 5.41) is 2.69. The molecule has 3 nitrogen and oxygen atoms in total. The van der Waals surface area contributed by atoms with E-state index in [1.807, 2.05) is 6.92 Å². The minimum atomic E-state index is -0.508. The Kier molecular flexibility index (Phi) is 1.74. The largest absolute Gasteiger partial charge is 0.344 e. The standard InChI is InChI=1S/C8H13NO2/c1-5-4-8(5,6(2)10)9-7(3)11/h5H,4H2,1-3H3,(H,9,11). The van der Waals surface area contributed by atoms with Crippen molar-refractivity contribution in [3.8, 4) is 0 Å². The molecule has 0 aliphatic heterocycles. The molecule has 0 saturated heterocycles. The number of ketones is 1. The van der Waals surface area contributed by atoms with Gasteiger partial charge in [0.2, 0.25) is 5.91 Å². The average Bonchev–Trinajstić information content (AvgIpc) is 2.41. The molecule has 0 bridgehead atoms. The number of hydrogen-bond acceptors (Lipinski definition) is 2. The molecule has 0 aromatic rings. The zero-order valence-corrected chi connectivity index (χ0v) is 7.10. The summed E-state index contributed by atoms with van der Waals surface area (Å²) in [4.78, 5) is 21.7. The van der Waals surface area contributed by atoms with Crippen LogP contribution < -0.4 is 5.32 Å². The van der Waals surface area contributed by atoms with Gasteiger partial charge in [0.05, 0.1) is 0 Å². The lowest BCUT2D eigenvalue weighted by molar-refractivity contribution is -0.126. The summed E-state index contributed by atoms with van der Waals surface area (Å²) in [5.74, 6) is 0.258. The predicted octanol–water partition coefficient (Wildman–Crippen LogP) is 0.490. The highest BCUT2D eigenvalue weighted by Crippen LogP contribution is 2.43. The monoisotopic (exact) mass is 155 g/mol. The minimum Gasteiger partial charge on any atom is -0.344 e. The third kappa shape index (κ3) is 1.27. The van der Waals surface area contributed by atoms with Gasteiger partial charge in [-0.1, -0.05) is 6.92 Å². The molecule has 2 atom stereocenters. The van der Waals surface area contributed by atoms with E-state index in [2.05, 4.69) is 5.32 Å². The van der Waals surface area contributed by atoms with E-state index in [1.165, 1.54) is 13.8 Å². The molecule has 1 aliphatic carbocycles. The van der Waals surface area contributed by atoms with E-state index in [0.717, 1.165) is 6.42 Å². The van der Waals surface area contributed by atoms with Gasteiger partial charge in [0.25, 0.3) is 0 Å². The Morgan fingerprint density at radius 3 is 2.00 bits per heavy atom. The first kappa shape index (κ1) is 8.24. The smallest absolute Gasteiger partial charge is 0.217 e. The Balaban J connectivity index is 2.65. The van der Waals surface area contributed by atoms with E-state index in [-0.39, 0.29) is 11.7 Å². The van der Waals surface area contributed by atoms with Crippen LogP contribution in [-0.2, 0) is 9.59 Å². The molecule has 2 unspecified atom stereocenters. The van der Waals surface area contributed by atoms with Gasteiger partial charge in [0.15, 0.2) is 5.78 Å². The van der Waals surface area contributed by atoms with Crippen molar-refractivity contribution in [1.29, 1.82) is 0 Å². The summed E-state index contributed by atoms with van der Waals surface area (Å²) in [6.45, 7) is 4.94. The van der Waals surface area contributed by atoms with Gasteiger partial charge < -0.3 is 5.32 Å². The van der Waals surface area contributed by atoms with Gasteiger partial charge in [-0.25, -0.2) is 0 Å². The second-order valence-corrected chi connectivity index (χ2v) is 3.31. The molecule has 0 radical (unpaired) electrons. The van der Waals surface area contributed by atoms with Crippen molar-refractivity contribution in [3.63, 3.8) is 0 Å². The Labute approximate surface area is 66.2 Å². The Morgan fingerprint density at radius 2 is 1.91 bits per heavy atom. The third-order valence-electron chi connectivity index (χ3n) is 2.34. The lowest BCUT2D eigenvalue weighted by Gasteiger charge is -2.12. The maximum absolute atomic E-state index is 11.1.